The van der Waals surface area contributed by atoms with Crippen LogP contribution in [-0.2, 0) is 6.54 Å². The number of nitrogens with zero attached hydrogens (tertiary/aromatic N) is 1. The summed E-state index contributed by atoms with van der Waals surface area (Å²) < 4.78 is 0. The van der Waals surface area contributed by atoms with Crippen molar-refractivity contribution in [3.05, 3.63) is 52.2 Å². The highest BCUT2D eigenvalue weighted by molar-refractivity contribution is 7.10. The third-order valence-corrected chi connectivity index (χ3v) is 4.37. The summed E-state index contributed by atoms with van der Waals surface area (Å²) in [5, 5.41) is 20.2. The summed E-state index contributed by atoms with van der Waals surface area (Å²) in [4.78, 5) is 3.63. The minimum absolute atomic E-state index is 0.378. The van der Waals surface area contributed by atoms with Crippen LogP contribution in [0.5, 0.6) is 0 Å². The number of rotatable bonds is 5. The lowest BCUT2D eigenvalue weighted by atomic mass is 9.80. The van der Waals surface area contributed by atoms with Gasteiger partial charge in [0, 0.05) is 17.5 Å². The normalized spacial score (nSPS) is 12.7. The van der Waals surface area contributed by atoms with Gasteiger partial charge < -0.3 is 10.0 Å². The van der Waals surface area contributed by atoms with Crippen LogP contribution in [0.15, 0.2) is 41.8 Å². The molecule has 0 saturated carbocycles. The predicted molar refractivity (Wildman–Crippen MR) is 80.5 cm³/mol. The van der Waals surface area contributed by atoms with Crippen LogP contribution in [0.2, 0.25) is 0 Å². The van der Waals surface area contributed by atoms with Crippen LogP contribution < -0.4 is 5.46 Å². The van der Waals surface area contributed by atoms with Crippen molar-refractivity contribution in [3.63, 3.8) is 0 Å². The zero-order chi connectivity index (χ0) is 13.8. The van der Waals surface area contributed by atoms with Crippen LogP contribution in [0.25, 0.3) is 0 Å². The Bertz CT molecular complexity index is 499. The van der Waals surface area contributed by atoms with Gasteiger partial charge in [0.25, 0.3) is 0 Å². The monoisotopic (exact) mass is 275 g/mol. The van der Waals surface area contributed by atoms with Crippen LogP contribution in [0.4, 0.5) is 0 Å². The van der Waals surface area contributed by atoms with Crippen LogP contribution in [0.1, 0.15) is 23.4 Å². The third kappa shape index (κ3) is 3.67. The Hall–Kier alpha value is -1.14. The van der Waals surface area contributed by atoms with Crippen molar-refractivity contribution < 1.29 is 10.0 Å². The van der Waals surface area contributed by atoms with Gasteiger partial charge >= 0.3 is 7.12 Å². The Kier molecular flexibility index (Phi) is 4.77. The first-order valence-electron chi connectivity index (χ1n) is 6.26. The molecule has 0 amide bonds. The number of benzene rings is 1. The molecule has 0 aliphatic heterocycles. The average molecular weight is 275 g/mol. The molecule has 0 saturated heterocycles. The van der Waals surface area contributed by atoms with Gasteiger partial charge in [-0.3, -0.25) is 4.90 Å². The van der Waals surface area contributed by atoms with Crippen molar-refractivity contribution in [1.82, 2.24) is 4.90 Å². The molecule has 2 rings (SSSR count). The smallest absolute Gasteiger partial charge is 0.423 e. The SMILES string of the molecule is CC(c1cccs1)N(C)Cc1ccc(B(O)O)cc1. The zero-order valence-corrected chi connectivity index (χ0v) is 12.0. The van der Waals surface area contributed by atoms with E-state index < -0.39 is 7.12 Å². The number of hydrogen-bond donors (Lipinski definition) is 2. The summed E-state index contributed by atoms with van der Waals surface area (Å²) in [6, 6.07) is 12.0. The highest BCUT2D eigenvalue weighted by Gasteiger charge is 2.14. The van der Waals surface area contributed by atoms with Crippen LogP contribution in [0, 0.1) is 0 Å². The van der Waals surface area contributed by atoms with Crippen molar-refractivity contribution in [2.75, 3.05) is 7.05 Å². The first-order valence-corrected chi connectivity index (χ1v) is 7.14. The molecule has 2 N–H and O–H groups in total. The molecular weight excluding hydrogens is 257 g/mol. The summed E-state index contributed by atoms with van der Waals surface area (Å²) in [7, 11) is 0.705. The Balaban J connectivity index is 2.00. The lowest BCUT2D eigenvalue weighted by Crippen LogP contribution is -2.29. The molecule has 1 atom stereocenters. The van der Waals surface area contributed by atoms with E-state index in [1.807, 2.05) is 12.1 Å². The number of thiophene rings is 1. The van der Waals surface area contributed by atoms with Crippen LogP contribution >= 0.6 is 11.3 Å². The van der Waals surface area contributed by atoms with Gasteiger partial charge in [-0.05, 0) is 36.4 Å². The van der Waals surface area contributed by atoms with Gasteiger partial charge in [0.15, 0.2) is 0 Å². The Morgan fingerprint density at radius 3 is 2.42 bits per heavy atom. The second kappa shape index (κ2) is 6.35. The second-order valence-electron chi connectivity index (χ2n) is 4.72. The first kappa shape index (κ1) is 14.3. The van der Waals surface area contributed by atoms with Crippen molar-refractivity contribution in [1.29, 1.82) is 0 Å². The molecule has 0 radical (unpaired) electrons. The van der Waals surface area contributed by atoms with Gasteiger partial charge in [-0.2, -0.15) is 0 Å². The lowest BCUT2D eigenvalue weighted by molar-refractivity contribution is 0.256. The Morgan fingerprint density at radius 2 is 1.89 bits per heavy atom. The second-order valence-corrected chi connectivity index (χ2v) is 5.70. The van der Waals surface area contributed by atoms with Crippen molar-refractivity contribution in [3.8, 4) is 0 Å². The maximum absolute atomic E-state index is 9.06. The van der Waals surface area contributed by atoms with Gasteiger partial charge in [0.2, 0.25) is 0 Å². The van der Waals surface area contributed by atoms with Crippen molar-refractivity contribution in [2.45, 2.75) is 19.5 Å². The van der Waals surface area contributed by atoms with E-state index in [1.54, 1.807) is 23.5 Å². The van der Waals surface area contributed by atoms with Gasteiger partial charge in [-0.15, -0.1) is 11.3 Å². The quantitative estimate of drug-likeness (QED) is 0.815. The fourth-order valence-corrected chi connectivity index (χ4v) is 2.81. The number of hydrogen-bond acceptors (Lipinski definition) is 4. The van der Waals surface area contributed by atoms with E-state index in [-0.39, 0.29) is 0 Å². The highest BCUT2D eigenvalue weighted by atomic mass is 32.1. The Labute approximate surface area is 118 Å². The molecule has 1 aromatic heterocycles. The Morgan fingerprint density at radius 1 is 1.21 bits per heavy atom. The molecule has 0 fully saturated rings. The zero-order valence-electron chi connectivity index (χ0n) is 11.2. The maximum atomic E-state index is 9.06. The summed E-state index contributed by atoms with van der Waals surface area (Å²) in [6.45, 7) is 3.03. The molecule has 3 nitrogen and oxygen atoms in total. The largest absolute Gasteiger partial charge is 0.488 e. The molecule has 1 heterocycles. The summed E-state index contributed by atoms with van der Waals surface area (Å²) in [5.41, 5.74) is 1.69. The molecule has 19 heavy (non-hydrogen) atoms. The van der Waals surface area contributed by atoms with Gasteiger partial charge in [0.1, 0.15) is 0 Å². The minimum atomic E-state index is -1.39. The first-order chi connectivity index (χ1) is 9.08. The summed E-state index contributed by atoms with van der Waals surface area (Å²) >= 11 is 1.77. The molecule has 0 aliphatic rings. The van der Waals surface area contributed by atoms with Crippen LogP contribution in [-0.4, -0.2) is 29.1 Å². The fourth-order valence-electron chi connectivity index (χ4n) is 1.97. The fraction of sp³-hybridized carbons (Fsp3) is 0.286. The summed E-state index contributed by atoms with van der Waals surface area (Å²) in [5.74, 6) is 0. The predicted octanol–water partition coefficient (Wildman–Crippen LogP) is 1.62. The maximum Gasteiger partial charge on any atom is 0.488 e. The molecule has 5 heteroatoms. The van der Waals surface area contributed by atoms with E-state index >= 15 is 0 Å². The van der Waals surface area contributed by atoms with E-state index in [9.17, 15) is 0 Å². The molecule has 0 spiro atoms. The van der Waals surface area contributed by atoms with Gasteiger partial charge in [0.05, 0.1) is 0 Å². The van der Waals surface area contributed by atoms with Gasteiger partial charge in [-0.1, -0.05) is 30.3 Å². The molecule has 1 aromatic carbocycles. The molecule has 0 aliphatic carbocycles. The van der Waals surface area contributed by atoms with E-state index in [4.69, 9.17) is 10.0 Å². The molecule has 100 valence electrons. The minimum Gasteiger partial charge on any atom is -0.423 e. The van der Waals surface area contributed by atoms with Crippen molar-refractivity contribution in [2.24, 2.45) is 0 Å². The van der Waals surface area contributed by atoms with Crippen LogP contribution in [0.3, 0.4) is 0 Å². The third-order valence-electron chi connectivity index (χ3n) is 3.33. The molecule has 2 aromatic rings. The standard InChI is InChI=1S/C14H18BNO2S/c1-11(14-4-3-9-19-14)16(2)10-12-5-7-13(8-6-12)15(17)18/h3-9,11,17-18H,10H2,1-2H3. The average Bonchev–Trinajstić information content (AvgIpc) is 2.92. The van der Waals surface area contributed by atoms with Gasteiger partial charge in [-0.25, -0.2) is 0 Å². The summed E-state index contributed by atoms with van der Waals surface area (Å²) in [6.07, 6.45) is 0. The molecule has 1 unspecified atom stereocenters. The lowest BCUT2D eigenvalue weighted by Gasteiger charge is -2.23. The molecule has 0 bridgehead atoms. The van der Waals surface area contributed by atoms with E-state index in [0.717, 1.165) is 12.1 Å². The van der Waals surface area contributed by atoms with E-state index in [0.29, 0.717) is 11.5 Å². The molecular formula is C14H18BNO2S. The topological polar surface area (TPSA) is 43.7 Å². The highest BCUT2D eigenvalue weighted by Crippen LogP contribution is 2.24. The van der Waals surface area contributed by atoms with E-state index in [1.165, 1.54) is 4.88 Å². The van der Waals surface area contributed by atoms with E-state index in [2.05, 4.69) is 36.4 Å². The van der Waals surface area contributed by atoms with Crippen molar-refractivity contribution >= 4 is 23.9 Å².